The van der Waals surface area contributed by atoms with Gasteiger partial charge in [0.2, 0.25) is 0 Å². The molecular weight excluding hydrogens is 784 g/mol. The van der Waals surface area contributed by atoms with Crippen molar-refractivity contribution < 1.29 is 27.4 Å². The van der Waals surface area contributed by atoms with Crippen LogP contribution in [0.1, 0.15) is 29.7 Å². The van der Waals surface area contributed by atoms with E-state index in [9.17, 15) is 22.8 Å². The molecular formula is C30H20BrClF3IN2O4S. The van der Waals surface area contributed by atoms with Gasteiger partial charge in [-0.05, 0) is 92.5 Å². The number of ether oxygens (including phenoxy) is 2. The van der Waals surface area contributed by atoms with Crippen LogP contribution in [-0.4, -0.2) is 23.3 Å². The second kappa shape index (κ2) is 13.0. The Balaban J connectivity index is 1.63. The number of thiazole rings is 1. The van der Waals surface area contributed by atoms with E-state index < -0.39 is 35.0 Å². The van der Waals surface area contributed by atoms with Gasteiger partial charge in [0, 0.05) is 5.02 Å². The lowest BCUT2D eigenvalue weighted by Gasteiger charge is -2.26. The lowest BCUT2D eigenvalue weighted by atomic mass is 9.95. The molecule has 0 spiro atoms. The average molecular weight is 804 g/mol. The lowest BCUT2D eigenvalue weighted by Crippen LogP contribution is -2.41. The summed E-state index contributed by atoms with van der Waals surface area (Å²) in [5.74, 6) is -0.600. The number of carbonyl (C=O) groups excluding carboxylic acids is 1. The molecule has 1 aliphatic heterocycles. The van der Waals surface area contributed by atoms with Crippen LogP contribution >= 0.6 is 61.5 Å². The number of carbonyl (C=O) groups is 1. The fourth-order valence-electron chi connectivity index (χ4n) is 4.48. The SMILES string of the molecule is CCOC(=O)C1=C(C(F)(F)F)N=c2s/c(=C\c3cc(Br)c(OCc4ccccc4)c(I)c3)c(=O)n2[C@H]1c1ccc(Cl)cc1. The van der Waals surface area contributed by atoms with Gasteiger partial charge in [-0.3, -0.25) is 9.36 Å². The molecule has 1 aromatic heterocycles. The molecule has 4 aromatic rings. The minimum absolute atomic E-state index is 0.130. The van der Waals surface area contributed by atoms with Gasteiger partial charge in [-0.15, -0.1) is 0 Å². The summed E-state index contributed by atoms with van der Waals surface area (Å²) in [6.45, 7) is 1.67. The van der Waals surface area contributed by atoms with Crippen molar-refractivity contribution >= 4 is 73.5 Å². The number of nitrogens with zero attached hydrogens (tertiary/aromatic N) is 2. The first-order valence-electron chi connectivity index (χ1n) is 12.7. The van der Waals surface area contributed by atoms with Gasteiger partial charge in [-0.1, -0.05) is 65.4 Å². The van der Waals surface area contributed by atoms with Crippen LogP contribution in [-0.2, 0) is 16.1 Å². The first-order chi connectivity index (χ1) is 20.5. The maximum absolute atomic E-state index is 14.3. The van der Waals surface area contributed by atoms with Crippen molar-refractivity contribution in [3.63, 3.8) is 0 Å². The Morgan fingerprint density at radius 1 is 1.16 bits per heavy atom. The Bertz CT molecular complexity index is 1890. The summed E-state index contributed by atoms with van der Waals surface area (Å²) in [4.78, 5) is 30.4. The Morgan fingerprint density at radius 3 is 2.49 bits per heavy atom. The summed E-state index contributed by atoms with van der Waals surface area (Å²) < 4.78 is 56.5. The monoisotopic (exact) mass is 802 g/mol. The molecule has 6 nitrogen and oxygen atoms in total. The highest BCUT2D eigenvalue weighted by Gasteiger charge is 2.45. The minimum Gasteiger partial charge on any atom is -0.487 e. The van der Waals surface area contributed by atoms with E-state index in [-0.39, 0.29) is 21.5 Å². The van der Waals surface area contributed by atoms with E-state index in [1.807, 2.05) is 30.3 Å². The maximum Gasteiger partial charge on any atom is 0.434 e. The van der Waals surface area contributed by atoms with Crippen molar-refractivity contribution in [1.82, 2.24) is 4.57 Å². The number of halogens is 6. The van der Waals surface area contributed by atoms with Gasteiger partial charge in [-0.2, -0.15) is 13.2 Å². The smallest absolute Gasteiger partial charge is 0.434 e. The zero-order chi connectivity index (χ0) is 30.9. The first kappa shape index (κ1) is 31.5. The Morgan fingerprint density at radius 2 is 1.86 bits per heavy atom. The molecule has 0 aliphatic carbocycles. The van der Waals surface area contributed by atoms with Crippen molar-refractivity contribution in [1.29, 1.82) is 0 Å². The largest absolute Gasteiger partial charge is 0.487 e. The van der Waals surface area contributed by atoms with Crippen LogP contribution in [0.5, 0.6) is 5.75 Å². The highest BCUT2D eigenvalue weighted by atomic mass is 127. The van der Waals surface area contributed by atoms with Gasteiger partial charge in [-0.25, -0.2) is 9.79 Å². The van der Waals surface area contributed by atoms with Crippen molar-refractivity contribution in [2.75, 3.05) is 6.61 Å². The molecule has 0 unspecified atom stereocenters. The standard InChI is InChI=1S/C30H20BrClF3IN2O4S/c1-2-41-28(40)23-24(18-8-10-19(32)11-9-18)38-27(39)22(43-29(38)37-26(23)30(33,34)35)14-17-12-20(31)25(21(36)13-17)42-15-16-6-4-3-5-7-16/h3-14,24H,2,15H2,1H3/b22-14-/t24-/m0/s1. The average Bonchev–Trinajstić information content (AvgIpc) is 3.26. The number of hydrogen-bond donors (Lipinski definition) is 0. The van der Waals surface area contributed by atoms with Gasteiger partial charge in [0.25, 0.3) is 5.56 Å². The molecule has 222 valence electrons. The van der Waals surface area contributed by atoms with E-state index in [2.05, 4.69) is 43.5 Å². The van der Waals surface area contributed by atoms with Crippen LogP contribution in [0, 0.1) is 3.57 Å². The summed E-state index contributed by atoms with van der Waals surface area (Å²) in [6, 6.07) is 17.7. The Labute approximate surface area is 274 Å². The molecule has 2 heterocycles. The molecule has 3 aromatic carbocycles. The molecule has 43 heavy (non-hydrogen) atoms. The molecule has 0 saturated heterocycles. The third-order valence-electron chi connectivity index (χ3n) is 6.33. The fourth-order valence-corrected chi connectivity index (χ4v) is 7.38. The van der Waals surface area contributed by atoms with Crippen molar-refractivity contribution in [2.24, 2.45) is 4.99 Å². The van der Waals surface area contributed by atoms with Gasteiger partial charge in [0.05, 0.1) is 30.8 Å². The van der Waals surface area contributed by atoms with Gasteiger partial charge in [0.1, 0.15) is 12.4 Å². The molecule has 0 fully saturated rings. The molecule has 13 heteroatoms. The van der Waals surface area contributed by atoms with E-state index >= 15 is 0 Å². The van der Waals surface area contributed by atoms with Crippen LogP contribution in [0.25, 0.3) is 6.08 Å². The highest BCUT2D eigenvalue weighted by Crippen LogP contribution is 2.38. The number of esters is 1. The van der Waals surface area contributed by atoms with E-state index in [4.69, 9.17) is 21.1 Å². The topological polar surface area (TPSA) is 69.9 Å². The normalized spacial score (nSPS) is 15.2. The third-order valence-corrected chi connectivity index (χ3v) is 8.95. The zero-order valence-corrected chi connectivity index (χ0v) is 27.4. The molecule has 0 saturated carbocycles. The number of aromatic nitrogens is 1. The van der Waals surface area contributed by atoms with E-state index in [1.165, 1.54) is 31.2 Å². The summed E-state index contributed by atoms with van der Waals surface area (Å²) in [6.07, 6.45) is -3.42. The number of hydrogen-bond acceptors (Lipinski definition) is 6. The predicted molar refractivity (Wildman–Crippen MR) is 170 cm³/mol. The molecule has 1 aliphatic rings. The van der Waals surface area contributed by atoms with Crippen molar-refractivity contribution in [3.8, 4) is 5.75 Å². The van der Waals surface area contributed by atoms with E-state index in [1.54, 1.807) is 18.2 Å². The van der Waals surface area contributed by atoms with Crippen molar-refractivity contribution in [2.45, 2.75) is 25.7 Å². The second-order valence-corrected chi connectivity index (χ2v) is 12.7. The number of alkyl halides is 3. The molecule has 0 amide bonds. The van der Waals surface area contributed by atoms with Crippen LogP contribution in [0.3, 0.4) is 0 Å². The van der Waals surface area contributed by atoms with Gasteiger partial charge >= 0.3 is 12.1 Å². The Kier molecular flexibility index (Phi) is 9.49. The van der Waals surface area contributed by atoms with Crippen LogP contribution in [0.2, 0.25) is 5.02 Å². The van der Waals surface area contributed by atoms with Crippen LogP contribution < -0.4 is 19.6 Å². The second-order valence-electron chi connectivity index (χ2n) is 9.20. The number of fused-ring (bicyclic) bond motifs is 1. The lowest BCUT2D eigenvalue weighted by molar-refractivity contribution is -0.140. The number of benzene rings is 3. The molecule has 0 N–H and O–H groups in total. The molecule has 0 radical (unpaired) electrons. The summed E-state index contributed by atoms with van der Waals surface area (Å²) in [5, 5.41) is 0.338. The van der Waals surface area contributed by atoms with Crippen LogP contribution in [0.15, 0.2) is 92.3 Å². The number of allylic oxidation sites excluding steroid dienone is 1. The molecule has 0 bridgehead atoms. The molecule has 1 atom stereocenters. The Hall–Kier alpha value is -2.94. The first-order valence-corrected chi connectivity index (χ1v) is 15.8. The summed E-state index contributed by atoms with van der Waals surface area (Å²) >= 11 is 12.5. The minimum atomic E-state index is -4.99. The maximum atomic E-state index is 14.3. The van der Waals surface area contributed by atoms with Gasteiger partial charge < -0.3 is 9.47 Å². The number of rotatable bonds is 7. The van der Waals surface area contributed by atoms with Gasteiger partial charge in [0.15, 0.2) is 10.5 Å². The van der Waals surface area contributed by atoms with Crippen LogP contribution in [0.4, 0.5) is 13.2 Å². The predicted octanol–water partition coefficient (Wildman–Crippen LogP) is 6.94. The van der Waals surface area contributed by atoms with E-state index in [0.29, 0.717) is 27.4 Å². The van der Waals surface area contributed by atoms with E-state index in [0.717, 1.165) is 25.0 Å². The third kappa shape index (κ3) is 6.76. The molecule has 5 rings (SSSR count). The highest BCUT2D eigenvalue weighted by molar-refractivity contribution is 14.1. The fraction of sp³-hybridized carbons (Fsp3) is 0.167. The summed E-state index contributed by atoms with van der Waals surface area (Å²) in [7, 11) is 0. The summed E-state index contributed by atoms with van der Waals surface area (Å²) in [5.41, 5.74) is -0.941. The zero-order valence-electron chi connectivity index (χ0n) is 22.1. The quantitative estimate of drug-likeness (QED) is 0.150. The van der Waals surface area contributed by atoms with Crippen molar-refractivity contribution in [3.05, 3.63) is 127 Å².